The van der Waals surface area contributed by atoms with Gasteiger partial charge < -0.3 is 5.32 Å². The predicted molar refractivity (Wildman–Crippen MR) is 56.3 cm³/mol. The highest BCUT2D eigenvalue weighted by Gasteiger charge is 2.14. The lowest BCUT2D eigenvalue weighted by Gasteiger charge is -2.18. The normalized spacial score (nSPS) is 10.8. The number of anilines is 1. The number of hydrogen-bond donors (Lipinski definition) is 1. The van der Waals surface area contributed by atoms with Crippen LogP contribution >= 0.6 is 27.3 Å². The summed E-state index contributed by atoms with van der Waals surface area (Å²) in [5.74, 6) is 2.64. The molecule has 0 aliphatic heterocycles. The Kier molecular flexibility index (Phi) is 2.76. The SMILES string of the molecule is C#CC(C)(C)Nc1nc(Br)cs1. The molecule has 4 heteroatoms. The minimum Gasteiger partial charge on any atom is -0.346 e. The lowest BCUT2D eigenvalue weighted by atomic mass is 10.1. The molecule has 0 aliphatic carbocycles. The maximum absolute atomic E-state index is 5.31. The van der Waals surface area contributed by atoms with E-state index in [4.69, 9.17) is 6.42 Å². The highest BCUT2D eigenvalue weighted by atomic mass is 79.9. The van der Waals surface area contributed by atoms with Gasteiger partial charge in [0.1, 0.15) is 4.60 Å². The Labute approximate surface area is 84.5 Å². The zero-order valence-electron chi connectivity index (χ0n) is 6.89. The number of thiazole rings is 1. The number of terminal acetylenes is 1. The van der Waals surface area contributed by atoms with Gasteiger partial charge in [0, 0.05) is 5.38 Å². The smallest absolute Gasteiger partial charge is 0.184 e. The Morgan fingerprint density at radius 2 is 2.42 bits per heavy atom. The summed E-state index contributed by atoms with van der Waals surface area (Å²) in [5.41, 5.74) is -0.336. The van der Waals surface area contributed by atoms with Gasteiger partial charge in [-0.25, -0.2) is 4.98 Å². The summed E-state index contributed by atoms with van der Waals surface area (Å²) in [6, 6.07) is 0. The molecule has 0 unspecified atom stereocenters. The molecule has 12 heavy (non-hydrogen) atoms. The Bertz CT molecular complexity index is 311. The second kappa shape index (κ2) is 3.46. The van der Waals surface area contributed by atoms with E-state index in [1.807, 2.05) is 19.2 Å². The number of halogens is 1. The average Bonchev–Trinajstić information content (AvgIpc) is 2.35. The molecule has 0 spiro atoms. The zero-order chi connectivity index (χ0) is 9.19. The molecule has 0 atom stereocenters. The molecule has 0 saturated carbocycles. The van der Waals surface area contributed by atoms with Crippen molar-refractivity contribution in [1.82, 2.24) is 4.98 Å². The van der Waals surface area contributed by atoms with Crippen molar-refractivity contribution in [3.63, 3.8) is 0 Å². The van der Waals surface area contributed by atoms with Gasteiger partial charge >= 0.3 is 0 Å². The van der Waals surface area contributed by atoms with Crippen LogP contribution in [0.5, 0.6) is 0 Å². The molecular weight excluding hydrogens is 236 g/mol. The van der Waals surface area contributed by atoms with Crippen molar-refractivity contribution >= 4 is 32.4 Å². The van der Waals surface area contributed by atoms with Crippen molar-refractivity contribution in [2.75, 3.05) is 5.32 Å². The van der Waals surface area contributed by atoms with E-state index in [9.17, 15) is 0 Å². The lowest BCUT2D eigenvalue weighted by molar-refractivity contribution is 0.740. The van der Waals surface area contributed by atoms with E-state index < -0.39 is 0 Å². The monoisotopic (exact) mass is 244 g/mol. The topological polar surface area (TPSA) is 24.9 Å². The van der Waals surface area contributed by atoms with Gasteiger partial charge in [-0.3, -0.25) is 0 Å². The molecule has 0 aromatic carbocycles. The molecule has 2 nitrogen and oxygen atoms in total. The molecule has 1 heterocycles. The summed E-state index contributed by atoms with van der Waals surface area (Å²) in [4.78, 5) is 4.17. The molecule has 0 bridgehead atoms. The van der Waals surface area contributed by atoms with Gasteiger partial charge in [-0.05, 0) is 29.8 Å². The van der Waals surface area contributed by atoms with Crippen molar-refractivity contribution in [1.29, 1.82) is 0 Å². The van der Waals surface area contributed by atoms with E-state index >= 15 is 0 Å². The van der Waals surface area contributed by atoms with E-state index in [0.29, 0.717) is 0 Å². The maximum Gasteiger partial charge on any atom is 0.184 e. The number of nitrogens with zero attached hydrogens (tertiary/aromatic N) is 1. The third-order valence-electron chi connectivity index (χ3n) is 1.26. The first-order valence-electron chi connectivity index (χ1n) is 3.40. The van der Waals surface area contributed by atoms with Gasteiger partial charge in [0.2, 0.25) is 0 Å². The van der Waals surface area contributed by atoms with E-state index in [2.05, 4.69) is 32.2 Å². The second-order valence-corrected chi connectivity index (χ2v) is 4.54. The first-order valence-corrected chi connectivity index (χ1v) is 5.08. The van der Waals surface area contributed by atoms with Crippen molar-refractivity contribution < 1.29 is 0 Å². The first kappa shape index (κ1) is 9.56. The standard InChI is InChI=1S/C8H9BrN2S/c1-4-8(2,3)11-7-10-6(9)5-12-7/h1,5H,2-3H3,(H,10,11). The molecule has 0 saturated heterocycles. The predicted octanol–water partition coefficient (Wildman–Crippen LogP) is 2.73. The van der Waals surface area contributed by atoms with Gasteiger partial charge in [-0.2, -0.15) is 0 Å². The summed E-state index contributed by atoms with van der Waals surface area (Å²) >= 11 is 4.80. The molecule has 1 aromatic heterocycles. The molecule has 64 valence electrons. The van der Waals surface area contributed by atoms with E-state index in [0.717, 1.165) is 9.73 Å². The van der Waals surface area contributed by atoms with Gasteiger partial charge in [-0.15, -0.1) is 17.8 Å². The van der Waals surface area contributed by atoms with E-state index in [-0.39, 0.29) is 5.54 Å². The average molecular weight is 245 g/mol. The Morgan fingerprint density at radius 1 is 1.75 bits per heavy atom. The Balaban J connectivity index is 2.72. The molecule has 1 aromatic rings. The largest absolute Gasteiger partial charge is 0.346 e. The first-order chi connectivity index (χ1) is 5.53. The van der Waals surface area contributed by atoms with E-state index in [1.165, 1.54) is 11.3 Å². The van der Waals surface area contributed by atoms with Crippen LogP contribution in [0.15, 0.2) is 9.98 Å². The highest BCUT2D eigenvalue weighted by molar-refractivity contribution is 9.10. The van der Waals surface area contributed by atoms with Crippen LogP contribution in [0, 0.1) is 12.3 Å². The van der Waals surface area contributed by atoms with Gasteiger partial charge in [0.25, 0.3) is 0 Å². The van der Waals surface area contributed by atoms with Crippen LogP contribution in [0.1, 0.15) is 13.8 Å². The van der Waals surface area contributed by atoms with Crippen molar-refractivity contribution in [2.24, 2.45) is 0 Å². The minimum atomic E-state index is -0.336. The zero-order valence-corrected chi connectivity index (χ0v) is 9.29. The summed E-state index contributed by atoms with van der Waals surface area (Å²) in [7, 11) is 0. The van der Waals surface area contributed by atoms with Crippen LogP contribution in [0.3, 0.4) is 0 Å². The maximum atomic E-state index is 5.31. The molecule has 1 rings (SSSR count). The quantitative estimate of drug-likeness (QED) is 0.810. The summed E-state index contributed by atoms with van der Waals surface area (Å²) in [5, 5.41) is 5.88. The summed E-state index contributed by atoms with van der Waals surface area (Å²) < 4.78 is 0.836. The van der Waals surface area contributed by atoms with Gasteiger partial charge in [0.05, 0.1) is 5.54 Å². The number of aromatic nitrogens is 1. The molecule has 0 radical (unpaired) electrons. The lowest BCUT2D eigenvalue weighted by Crippen LogP contribution is -2.28. The number of rotatable bonds is 2. The van der Waals surface area contributed by atoms with Crippen molar-refractivity contribution in [3.8, 4) is 12.3 Å². The second-order valence-electron chi connectivity index (χ2n) is 2.87. The van der Waals surface area contributed by atoms with Crippen LogP contribution in [0.4, 0.5) is 5.13 Å². The Hall–Kier alpha value is -0.530. The van der Waals surface area contributed by atoms with Gasteiger partial charge in [0.15, 0.2) is 5.13 Å². The van der Waals surface area contributed by atoms with Crippen LogP contribution in [-0.4, -0.2) is 10.5 Å². The fourth-order valence-corrected chi connectivity index (χ4v) is 1.92. The molecular formula is C8H9BrN2S. The van der Waals surface area contributed by atoms with Crippen LogP contribution in [0.2, 0.25) is 0 Å². The van der Waals surface area contributed by atoms with E-state index in [1.54, 1.807) is 0 Å². The summed E-state index contributed by atoms with van der Waals surface area (Å²) in [6.45, 7) is 3.87. The van der Waals surface area contributed by atoms with Crippen molar-refractivity contribution in [3.05, 3.63) is 9.98 Å². The fraction of sp³-hybridized carbons (Fsp3) is 0.375. The fourth-order valence-electron chi connectivity index (χ4n) is 0.615. The van der Waals surface area contributed by atoms with Crippen LogP contribution in [0.25, 0.3) is 0 Å². The molecule has 1 N–H and O–H groups in total. The number of hydrogen-bond acceptors (Lipinski definition) is 3. The van der Waals surface area contributed by atoms with Gasteiger partial charge in [-0.1, -0.05) is 5.92 Å². The molecule has 0 aliphatic rings. The third kappa shape index (κ3) is 2.50. The van der Waals surface area contributed by atoms with Crippen LogP contribution in [-0.2, 0) is 0 Å². The summed E-state index contributed by atoms with van der Waals surface area (Å²) in [6.07, 6.45) is 5.31. The Morgan fingerprint density at radius 3 is 2.83 bits per heavy atom. The molecule has 0 fully saturated rings. The highest BCUT2D eigenvalue weighted by Crippen LogP contribution is 2.22. The minimum absolute atomic E-state index is 0.336. The van der Waals surface area contributed by atoms with Crippen LogP contribution < -0.4 is 5.32 Å². The molecule has 0 amide bonds. The third-order valence-corrected chi connectivity index (χ3v) is 2.72. The van der Waals surface area contributed by atoms with Crippen molar-refractivity contribution in [2.45, 2.75) is 19.4 Å². The number of nitrogens with one attached hydrogen (secondary N) is 1.